The molecular weight excluding hydrogens is 460 g/mol. The Labute approximate surface area is 192 Å². The van der Waals surface area contributed by atoms with E-state index in [1.807, 2.05) is 61.5 Å². The van der Waals surface area contributed by atoms with E-state index in [2.05, 4.69) is 15.9 Å². The maximum absolute atomic E-state index is 10.4. The maximum atomic E-state index is 10.4. The number of rotatable bonds is 12. The Kier molecular flexibility index (Phi) is 11.2. The van der Waals surface area contributed by atoms with Crippen molar-refractivity contribution in [2.75, 3.05) is 6.61 Å². The van der Waals surface area contributed by atoms with E-state index >= 15 is 0 Å². The number of hydrogen-bond donors (Lipinski definition) is 4. The van der Waals surface area contributed by atoms with Gasteiger partial charge >= 0.3 is 0 Å². The topological polar surface area (TPSA) is 90.2 Å². The summed E-state index contributed by atoms with van der Waals surface area (Å²) >= 11 is 3.37. The molecule has 5 nitrogen and oxygen atoms in total. The summed E-state index contributed by atoms with van der Waals surface area (Å²) in [6, 6.07) is 17.1. The largest absolute Gasteiger partial charge is 0.389 e. The third-order valence-electron chi connectivity index (χ3n) is 4.78. The lowest BCUT2D eigenvalue weighted by atomic mass is 9.96. The molecule has 5 atom stereocenters. The monoisotopic (exact) mass is 490 g/mol. The van der Waals surface area contributed by atoms with Crippen LogP contribution in [0.1, 0.15) is 30.6 Å². The molecule has 0 saturated heterocycles. The molecule has 6 heteroatoms. The standard InChI is InChI=1S/C25H31BrO5/c1-18(25(30)20-8-10-21(26)11-9-20)7-12-22(27)15-23(28)13-14-24(29)17-31-16-19-5-3-2-4-6-19/h2-14,18,22-25,27-30H,15-17H2,1H3/b12-7-,14-13+/t18-,22-,23-,24+,25+/m1/s1. The van der Waals surface area contributed by atoms with Gasteiger partial charge in [0.15, 0.2) is 0 Å². The number of aliphatic hydroxyl groups excluding tert-OH is 4. The van der Waals surface area contributed by atoms with Crippen LogP contribution in [0.2, 0.25) is 0 Å². The van der Waals surface area contributed by atoms with E-state index in [9.17, 15) is 20.4 Å². The van der Waals surface area contributed by atoms with Crippen LogP contribution in [-0.4, -0.2) is 45.3 Å². The number of benzene rings is 2. The number of hydrogen-bond acceptors (Lipinski definition) is 5. The minimum Gasteiger partial charge on any atom is -0.389 e. The summed E-state index contributed by atoms with van der Waals surface area (Å²) in [7, 11) is 0. The Morgan fingerprint density at radius 1 is 0.806 bits per heavy atom. The predicted octanol–water partition coefficient (Wildman–Crippen LogP) is 3.92. The Bertz CT molecular complexity index is 806. The maximum Gasteiger partial charge on any atom is 0.0955 e. The first-order valence-electron chi connectivity index (χ1n) is 10.3. The van der Waals surface area contributed by atoms with Crippen molar-refractivity contribution in [2.45, 2.75) is 44.4 Å². The van der Waals surface area contributed by atoms with E-state index in [-0.39, 0.29) is 18.9 Å². The summed E-state index contributed by atoms with van der Waals surface area (Å²) < 4.78 is 6.40. The highest BCUT2D eigenvalue weighted by Gasteiger charge is 2.15. The van der Waals surface area contributed by atoms with Crippen molar-refractivity contribution in [3.63, 3.8) is 0 Å². The summed E-state index contributed by atoms with van der Waals surface area (Å²) in [6.07, 6.45) is 3.01. The zero-order valence-electron chi connectivity index (χ0n) is 17.6. The number of halogens is 1. The quantitative estimate of drug-likeness (QED) is 0.338. The van der Waals surface area contributed by atoms with Crippen molar-refractivity contribution in [3.05, 3.63) is 94.5 Å². The van der Waals surface area contributed by atoms with E-state index in [1.54, 1.807) is 12.2 Å². The highest BCUT2D eigenvalue weighted by Crippen LogP contribution is 2.24. The summed E-state index contributed by atoms with van der Waals surface area (Å²) in [5.74, 6) is -0.202. The lowest BCUT2D eigenvalue weighted by molar-refractivity contribution is 0.0495. The first kappa shape index (κ1) is 25.5. The second kappa shape index (κ2) is 13.6. The molecule has 0 spiro atoms. The molecule has 0 fully saturated rings. The zero-order chi connectivity index (χ0) is 22.6. The molecule has 168 valence electrons. The summed E-state index contributed by atoms with van der Waals surface area (Å²) in [5, 5.41) is 40.6. The van der Waals surface area contributed by atoms with Crippen LogP contribution in [0, 0.1) is 5.92 Å². The van der Waals surface area contributed by atoms with E-state index in [0.717, 1.165) is 15.6 Å². The first-order chi connectivity index (χ1) is 14.8. The smallest absolute Gasteiger partial charge is 0.0955 e. The van der Waals surface area contributed by atoms with E-state index < -0.39 is 24.4 Å². The Morgan fingerprint density at radius 2 is 1.39 bits per heavy atom. The SMILES string of the molecule is C[C@H](/C=C\[C@@H](O)C[C@H](O)/C=C/[C@H](O)COCc1ccccc1)[C@H](O)c1ccc(Br)cc1. The third-order valence-corrected chi connectivity index (χ3v) is 5.31. The molecule has 2 aromatic rings. The minimum absolute atomic E-state index is 0.0890. The van der Waals surface area contributed by atoms with Gasteiger partial charge in [0.05, 0.1) is 37.6 Å². The molecule has 4 N–H and O–H groups in total. The lowest BCUT2D eigenvalue weighted by Gasteiger charge is -2.17. The molecule has 2 rings (SSSR count). The molecule has 0 saturated carbocycles. The van der Waals surface area contributed by atoms with Gasteiger partial charge in [0.1, 0.15) is 0 Å². The molecule has 0 aliphatic carbocycles. The molecule has 0 bridgehead atoms. The van der Waals surface area contributed by atoms with Crippen molar-refractivity contribution < 1.29 is 25.2 Å². The van der Waals surface area contributed by atoms with Gasteiger partial charge in [-0.15, -0.1) is 0 Å². The Balaban J connectivity index is 1.71. The molecule has 0 radical (unpaired) electrons. The molecule has 0 aliphatic rings. The number of aliphatic hydroxyl groups is 4. The molecule has 0 aliphatic heterocycles. The third kappa shape index (κ3) is 9.91. The van der Waals surface area contributed by atoms with Gasteiger partial charge in [-0.1, -0.05) is 89.6 Å². The van der Waals surface area contributed by atoms with Crippen LogP contribution in [0.5, 0.6) is 0 Å². The van der Waals surface area contributed by atoms with E-state index in [1.165, 1.54) is 12.2 Å². The molecule has 2 aromatic carbocycles. The second-order valence-electron chi connectivity index (χ2n) is 7.56. The van der Waals surface area contributed by atoms with Crippen molar-refractivity contribution in [1.29, 1.82) is 0 Å². The molecule has 0 aromatic heterocycles. The van der Waals surface area contributed by atoms with Crippen LogP contribution in [0.3, 0.4) is 0 Å². The van der Waals surface area contributed by atoms with Crippen molar-refractivity contribution >= 4 is 15.9 Å². The van der Waals surface area contributed by atoms with Crippen molar-refractivity contribution in [2.24, 2.45) is 5.92 Å². The second-order valence-corrected chi connectivity index (χ2v) is 8.48. The van der Waals surface area contributed by atoms with Gasteiger partial charge in [0, 0.05) is 16.8 Å². The van der Waals surface area contributed by atoms with Gasteiger partial charge in [0.25, 0.3) is 0 Å². The fourth-order valence-corrected chi connectivity index (χ4v) is 3.23. The Morgan fingerprint density at radius 3 is 2.03 bits per heavy atom. The minimum atomic E-state index is -0.907. The average molecular weight is 491 g/mol. The van der Waals surface area contributed by atoms with Gasteiger partial charge < -0.3 is 25.2 Å². The van der Waals surface area contributed by atoms with E-state index in [4.69, 9.17) is 4.74 Å². The summed E-state index contributed by atoms with van der Waals surface area (Å²) in [4.78, 5) is 0. The van der Waals surface area contributed by atoms with Crippen LogP contribution in [0.25, 0.3) is 0 Å². The van der Waals surface area contributed by atoms with Crippen molar-refractivity contribution in [3.8, 4) is 0 Å². The van der Waals surface area contributed by atoms with Gasteiger partial charge in [0.2, 0.25) is 0 Å². The molecule has 0 amide bonds. The molecule has 0 unspecified atom stereocenters. The van der Waals surface area contributed by atoms with Crippen LogP contribution in [0.4, 0.5) is 0 Å². The highest BCUT2D eigenvalue weighted by atomic mass is 79.9. The van der Waals surface area contributed by atoms with E-state index in [0.29, 0.717) is 6.61 Å². The van der Waals surface area contributed by atoms with Gasteiger partial charge in [-0.2, -0.15) is 0 Å². The van der Waals surface area contributed by atoms with Gasteiger partial charge in [-0.3, -0.25) is 0 Å². The summed E-state index contributed by atoms with van der Waals surface area (Å²) in [5.41, 5.74) is 1.81. The molecule has 31 heavy (non-hydrogen) atoms. The van der Waals surface area contributed by atoms with Crippen molar-refractivity contribution in [1.82, 2.24) is 0 Å². The zero-order valence-corrected chi connectivity index (χ0v) is 19.2. The van der Waals surface area contributed by atoms with Crippen LogP contribution < -0.4 is 0 Å². The van der Waals surface area contributed by atoms with Crippen LogP contribution in [0.15, 0.2) is 83.4 Å². The molecular formula is C25H31BrO5. The average Bonchev–Trinajstić information content (AvgIpc) is 2.77. The van der Waals surface area contributed by atoms with Gasteiger partial charge in [-0.25, -0.2) is 0 Å². The Hall–Kier alpha value is -1.80. The lowest BCUT2D eigenvalue weighted by Crippen LogP contribution is -2.17. The highest BCUT2D eigenvalue weighted by molar-refractivity contribution is 9.10. The fraction of sp³-hybridized carbons (Fsp3) is 0.360. The summed E-state index contributed by atoms with van der Waals surface area (Å²) in [6.45, 7) is 2.38. The predicted molar refractivity (Wildman–Crippen MR) is 125 cm³/mol. The van der Waals surface area contributed by atoms with Crippen LogP contribution >= 0.6 is 15.9 Å². The van der Waals surface area contributed by atoms with Gasteiger partial charge in [-0.05, 0) is 23.3 Å². The number of ether oxygens (including phenoxy) is 1. The molecule has 0 heterocycles. The normalized spacial score (nSPS) is 17.0. The fourth-order valence-electron chi connectivity index (χ4n) is 2.96. The van der Waals surface area contributed by atoms with Crippen LogP contribution in [-0.2, 0) is 11.3 Å². The first-order valence-corrected chi connectivity index (χ1v) is 11.1.